The fourth-order valence-corrected chi connectivity index (χ4v) is 5.45. The van der Waals surface area contributed by atoms with Crippen LogP contribution in [0.25, 0.3) is 0 Å². The summed E-state index contributed by atoms with van der Waals surface area (Å²) in [7, 11) is 0. The molecule has 1 saturated carbocycles. The summed E-state index contributed by atoms with van der Waals surface area (Å²) in [6.07, 6.45) is 9.92. The van der Waals surface area contributed by atoms with Gasteiger partial charge in [-0.1, -0.05) is 52.0 Å². The van der Waals surface area contributed by atoms with Crippen molar-refractivity contribution in [2.45, 2.75) is 72.5 Å². The molecule has 0 aromatic carbocycles. The second-order valence-electron chi connectivity index (χ2n) is 9.69. The monoisotopic (exact) mass is 404 g/mol. The molecule has 5 unspecified atom stereocenters. The van der Waals surface area contributed by atoms with Gasteiger partial charge in [-0.2, -0.15) is 0 Å². The summed E-state index contributed by atoms with van der Waals surface area (Å²) in [5, 5.41) is 10.4. The van der Waals surface area contributed by atoms with Crippen molar-refractivity contribution in [2.75, 3.05) is 6.61 Å². The molecule has 2 rings (SSSR count). The molecule has 5 atom stereocenters. The van der Waals surface area contributed by atoms with Gasteiger partial charge in [0.2, 0.25) is 0 Å². The fourth-order valence-electron chi connectivity index (χ4n) is 5.45. The summed E-state index contributed by atoms with van der Waals surface area (Å²) in [6.45, 7) is 15.0. The molecule has 0 aromatic heterocycles. The van der Waals surface area contributed by atoms with E-state index in [1.165, 1.54) is 19.9 Å². The van der Waals surface area contributed by atoms with Gasteiger partial charge in [0.15, 0.2) is 0 Å². The predicted molar refractivity (Wildman–Crippen MR) is 113 cm³/mol. The van der Waals surface area contributed by atoms with E-state index in [-0.39, 0.29) is 47.3 Å². The van der Waals surface area contributed by atoms with Crippen molar-refractivity contribution < 1.29 is 24.2 Å². The molecule has 1 fully saturated rings. The highest BCUT2D eigenvalue weighted by molar-refractivity contribution is 5.67. The quantitative estimate of drug-likeness (QED) is 0.526. The van der Waals surface area contributed by atoms with Crippen molar-refractivity contribution in [1.29, 1.82) is 0 Å². The Kier molecular flexibility index (Phi) is 6.83. The molecule has 1 N–H and O–H groups in total. The maximum atomic E-state index is 11.9. The SMILES string of the molecule is C=CC(C)(O)C=CC1C(COC(C)=O)=CC(OC(C)=O)C2C(C)(C)CCCC12C. The van der Waals surface area contributed by atoms with Crippen molar-refractivity contribution in [3.8, 4) is 0 Å². The van der Waals surface area contributed by atoms with Crippen molar-refractivity contribution in [2.24, 2.45) is 22.7 Å². The van der Waals surface area contributed by atoms with E-state index in [0.717, 1.165) is 24.8 Å². The molecule has 0 saturated heterocycles. The number of fused-ring (bicyclic) bond motifs is 1. The van der Waals surface area contributed by atoms with E-state index in [1.54, 1.807) is 13.0 Å². The third-order valence-corrected chi connectivity index (χ3v) is 6.69. The first-order chi connectivity index (χ1) is 13.3. The van der Waals surface area contributed by atoms with Crippen molar-refractivity contribution >= 4 is 11.9 Å². The molecule has 2 aliphatic rings. The molecule has 5 heteroatoms. The lowest BCUT2D eigenvalue weighted by Crippen LogP contribution is -2.55. The number of rotatable bonds is 6. The second-order valence-corrected chi connectivity index (χ2v) is 9.69. The molecule has 162 valence electrons. The van der Waals surface area contributed by atoms with Crippen LogP contribution in [0.15, 0.2) is 36.5 Å². The molecular weight excluding hydrogens is 368 g/mol. The Labute approximate surface area is 174 Å². The minimum Gasteiger partial charge on any atom is -0.461 e. The summed E-state index contributed by atoms with van der Waals surface area (Å²) in [5.74, 6) is -0.612. The van der Waals surface area contributed by atoms with Crippen LogP contribution >= 0.6 is 0 Å². The minimum atomic E-state index is -1.13. The first-order valence-electron chi connectivity index (χ1n) is 10.4. The predicted octanol–water partition coefficient (Wildman–Crippen LogP) is 4.36. The van der Waals surface area contributed by atoms with Gasteiger partial charge in [0, 0.05) is 25.7 Å². The molecule has 0 aromatic rings. The number of aliphatic hydroxyl groups is 1. The molecule has 0 amide bonds. The molecular formula is C24H36O5. The van der Waals surface area contributed by atoms with Gasteiger partial charge in [-0.15, -0.1) is 0 Å². The Balaban J connectivity index is 2.59. The lowest BCUT2D eigenvalue weighted by molar-refractivity contribution is -0.160. The van der Waals surface area contributed by atoms with Gasteiger partial charge in [0.05, 0.1) is 5.60 Å². The summed E-state index contributed by atoms with van der Waals surface area (Å²) < 4.78 is 11.1. The van der Waals surface area contributed by atoms with Gasteiger partial charge in [-0.05, 0) is 42.2 Å². The van der Waals surface area contributed by atoms with Gasteiger partial charge in [0.25, 0.3) is 0 Å². The van der Waals surface area contributed by atoms with Crippen LogP contribution < -0.4 is 0 Å². The standard InChI is InChI=1S/C24H36O5/c1-8-23(6,27)13-10-19-18(15-28-16(2)25)14-20(29-17(3)26)21-22(4,5)11-9-12-24(19,21)7/h8,10,13-14,19-21,27H,1,9,11-12,15H2,2-7H3. The highest BCUT2D eigenvalue weighted by Crippen LogP contribution is 2.60. The number of allylic oxidation sites excluding steroid dienone is 1. The van der Waals surface area contributed by atoms with Crippen LogP contribution in [0.3, 0.4) is 0 Å². The Morgan fingerprint density at radius 2 is 1.93 bits per heavy atom. The van der Waals surface area contributed by atoms with E-state index in [2.05, 4.69) is 27.4 Å². The van der Waals surface area contributed by atoms with Gasteiger partial charge >= 0.3 is 11.9 Å². The highest BCUT2D eigenvalue weighted by Gasteiger charge is 2.56. The third-order valence-electron chi connectivity index (χ3n) is 6.69. The number of ether oxygens (including phenoxy) is 2. The maximum Gasteiger partial charge on any atom is 0.303 e. The van der Waals surface area contributed by atoms with Crippen LogP contribution in [-0.2, 0) is 19.1 Å². The lowest BCUT2D eigenvalue weighted by Gasteiger charge is -2.58. The van der Waals surface area contributed by atoms with E-state index < -0.39 is 5.60 Å². The average molecular weight is 405 g/mol. The molecule has 0 spiro atoms. The van der Waals surface area contributed by atoms with Crippen LogP contribution in [-0.4, -0.2) is 35.4 Å². The van der Waals surface area contributed by atoms with E-state index >= 15 is 0 Å². The third kappa shape index (κ3) is 5.19. The van der Waals surface area contributed by atoms with Crippen LogP contribution in [0.5, 0.6) is 0 Å². The fraction of sp³-hybridized carbons (Fsp3) is 0.667. The first-order valence-corrected chi connectivity index (χ1v) is 10.4. The zero-order valence-corrected chi connectivity index (χ0v) is 18.7. The van der Waals surface area contributed by atoms with Gasteiger partial charge < -0.3 is 14.6 Å². The number of hydrogen-bond donors (Lipinski definition) is 1. The Morgan fingerprint density at radius 3 is 2.48 bits per heavy atom. The van der Waals surface area contributed by atoms with E-state index in [1.807, 2.05) is 12.2 Å². The van der Waals surface area contributed by atoms with Crippen LogP contribution in [0.1, 0.15) is 60.8 Å². The van der Waals surface area contributed by atoms with Gasteiger partial charge in [0.1, 0.15) is 12.7 Å². The lowest BCUT2D eigenvalue weighted by atomic mass is 9.47. The molecule has 2 aliphatic carbocycles. The van der Waals surface area contributed by atoms with Crippen LogP contribution in [0, 0.1) is 22.7 Å². The van der Waals surface area contributed by atoms with Crippen molar-refractivity contribution in [1.82, 2.24) is 0 Å². The summed E-state index contributed by atoms with van der Waals surface area (Å²) >= 11 is 0. The van der Waals surface area contributed by atoms with Gasteiger partial charge in [-0.3, -0.25) is 9.59 Å². The van der Waals surface area contributed by atoms with E-state index in [0.29, 0.717) is 0 Å². The number of esters is 2. The summed E-state index contributed by atoms with van der Waals surface area (Å²) in [4.78, 5) is 23.3. The smallest absolute Gasteiger partial charge is 0.303 e. The molecule has 0 radical (unpaired) electrons. The Hall–Kier alpha value is -1.88. The molecule has 0 heterocycles. The van der Waals surface area contributed by atoms with Crippen molar-refractivity contribution in [3.63, 3.8) is 0 Å². The van der Waals surface area contributed by atoms with E-state index in [4.69, 9.17) is 9.47 Å². The number of carbonyl (C=O) groups is 2. The molecule has 0 aliphatic heterocycles. The Morgan fingerprint density at radius 1 is 1.28 bits per heavy atom. The maximum absolute atomic E-state index is 11.9. The molecule has 5 nitrogen and oxygen atoms in total. The summed E-state index contributed by atoms with van der Waals surface area (Å²) in [6, 6.07) is 0. The van der Waals surface area contributed by atoms with Crippen LogP contribution in [0.2, 0.25) is 0 Å². The van der Waals surface area contributed by atoms with Gasteiger partial charge in [-0.25, -0.2) is 0 Å². The zero-order valence-electron chi connectivity index (χ0n) is 18.7. The number of carbonyl (C=O) groups excluding carboxylic acids is 2. The normalized spacial score (nSPS) is 33.2. The average Bonchev–Trinajstić information content (AvgIpc) is 2.57. The van der Waals surface area contributed by atoms with E-state index in [9.17, 15) is 14.7 Å². The first kappa shape index (κ1) is 23.4. The Bertz CT molecular complexity index is 715. The van der Waals surface area contributed by atoms with Crippen molar-refractivity contribution in [3.05, 3.63) is 36.5 Å². The second kappa shape index (κ2) is 8.47. The summed E-state index contributed by atoms with van der Waals surface area (Å²) in [5.41, 5.74) is -0.460. The molecule has 0 bridgehead atoms. The van der Waals surface area contributed by atoms with Crippen LogP contribution in [0.4, 0.5) is 0 Å². The zero-order chi connectivity index (χ0) is 22.0. The minimum absolute atomic E-state index is 0.0242. The highest BCUT2D eigenvalue weighted by atomic mass is 16.5. The molecule has 29 heavy (non-hydrogen) atoms. The number of hydrogen-bond acceptors (Lipinski definition) is 5. The largest absolute Gasteiger partial charge is 0.461 e. The topological polar surface area (TPSA) is 72.8 Å².